The van der Waals surface area contributed by atoms with Gasteiger partial charge >= 0.3 is 0 Å². The van der Waals surface area contributed by atoms with E-state index >= 15 is 0 Å². The van der Waals surface area contributed by atoms with Gasteiger partial charge in [-0.1, -0.05) is 18.2 Å². The Kier molecular flexibility index (Phi) is 3.18. The highest BCUT2D eigenvalue weighted by molar-refractivity contribution is 6.32. The molecule has 0 saturated carbocycles. The quantitative estimate of drug-likeness (QED) is 0.591. The van der Waals surface area contributed by atoms with Crippen molar-refractivity contribution in [1.29, 1.82) is 0 Å². The fourth-order valence-electron chi connectivity index (χ4n) is 2.22. The number of likely N-dealkylation sites (N-methyl/N-ethyl adjacent to an activating group) is 1. The van der Waals surface area contributed by atoms with Crippen LogP contribution >= 0.6 is 0 Å². The number of nitrogens with zero attached hydrogens (tertiary/aromatic N) is 1. The maximum atomic E-state index is 12.3. The summed E-state index contributed by atoms with van der Waals surface area (Å²) in [5.41, 5.74) is 2.66. The van der Waals surface area contributed by atoms with Gasteiger partial charge in [0.2, 0.25) is 0 Å². The Morgan fingerprint density at radius 1 is 1.29 bits per heavy atom. The fraction of sp³-hybridized carbons (Fsp3) is 0.357. The summed E-state index contributed by atoms with van der Waals surface area (Å²) in [6.45, 7) is 7.02. The molecule has 0 saturated heterocycles. The van der Waals surface area contributed by atoms with Crippen molar-refractivity contribution in [1.82, 2.24) is 0 Å². The third-order valence-corrected chi connectivity index (χ3v) is 2.95. The first-order valence-electron chi connectivity index (χ1n) is 5.95. The van der Waals surface area contributed by atoms with Crippen LogP contribution in [0.25, 0.3) is 5.57 Å². The highest BCUT2D eigenvalue weighted by atomic mass is 16.5. The molecule has 0 atom stereocenters. The maximum absolute atomic E-state index is 12.3. The van der Waals surface area contributed by atoms with Gasteiger partial charge in [-0.3, -0.25) is 4.79 Å². The van der Waals surface area contributed by atoms with Gasteiger partial charge in [-0.05, 0) is 26.8 Å². The number of rotatable bonds is 3. The van der Waals surface area contributed by atoms with Crippen LogP contribution < -0.4 is 4.90 Å². The van der Waals surface area contributed by atoms with E-state index in [2.05, 4.69) is 0 Å². The molecule has 1 heterocycles. The fourth-order valence-corrected chi connectivity index (χ4v) is 2.22. The third-order valence-electron chi connectivity index (χ3n) is 2.95. The molecule has 17 heavy (non-hydrogen) atoms. The Morgan fingerprint density at radius 3 is 2.65 bits per heavy atom. The summed E-state index contributed by atoms with van der Waals surface area (Å²) in [5, 5.41) is 0. The molecule has 0 bridgehead atoms. The summed E-state index contributed by atoms with van der Waals surface area (Å²) in [7, 11) is 0. The molecule has 1 amide bonds. The lowest BCUT2D eigenvalue weighted by Crippen LogP contribution is -2.26. The summed E-state index contributed by atoms with van der Waals surface area (Å²) in [5.74, 6) is 0.751. The van der Waals surface area contributed by atoms with Crippen molar-refractivity contribution in [3.63, 3.8) is 0 Å². The zero-order valence-electron chi connectivity index (χ0n) is 10.5. The van der Waals surface area contributed by atoms with Crippen molar-refractivity contribution in [3.8, 4) is 0 Å². The highest BCUT2D eigenvalue weighted by Crippen LogP contribution is 2.38. The molecule has 90 valence electrons. The second-order valence-electron chi connectivity index (χ2n) is 3.93. The molecule has 0 radical (unpaired) electrons. The van der Waals surface area contributed by atoms with Crippen LogP contribution in [0, 0.1) is 0 Å². The second kappa shape index (κ2) is 4.62. The third kappa shape index (κ3) is 1.82. The van der Waals surface area contributed by atoms with Crippen LogP contribution in [0.5, 0.6) is 0 Å². The van der Waals surface area contributed by atoms with Gasteiger partial charge in [0.15, 0.2) is 0 Å². The van der Waals surface area contributed by atoms with Crippen molar-refractivity contribution in [3.05, 3.63) is 35.6 Å². The van der Waals surface area contributed by atoms with Crippen LogP contribution in [0.15, 0.2) is 30.0 Å². The lowest BCUT2D eigenvalue weighted by molar-refractivity contribution is -0.113. The average Bonchev–Trinajstić information content (AvgIpc) is 2.61. The van der Waals surface area contributed by atoms with E-state index in [4.69, 9.17) is 4.74 Å². The van der Waals surface area contributed by atoms with E-state index in [1.807, 2.05) is 45.0 Å². The van der Waals surface area contributed by atoms with Crippen LogP contribution in [0.1, 0.15) is 26.3 Å². The van der Waals surface area contributed by atoms with E-state index in [1.165, 1.54) is 0 Å². The topological polar surface area (TPSA) is 29.5 Å². The van der Waals surface area contributed by atoms with E-state index in [1.54, 1.807) is 4.90 Å². The highest BCUT2D eigenvalue weighted by Gasteiger charge is 2.32. The minimum absolute atomic E-state index is 0.0413. The van der Waals surface area contributed by atoms with Gasteiger partial charge in [0.1, 0.15) is 5.76 Å². The van der Waals surface area contributed by atoms with Crippen molar-refractivity contribution < 1.29 is 9.53 Å². The zero-order valence-corrected chi connectivity index (χ0v) is 10.5. The summed E-state index contributed by atoms with van der Waals surface area (Å²) in [4.78, 5) is 14.1. The molecule has 0 fully saturated rings. The number of amides is 1. The molecule has 0 aliphatic carbocycles. The number of anilines is 1. The summed E-state index contributed by atoms with van der Waals surface area (Å²) < 4.78 is 5.48. The van der Waals surface area contributed by atoms with E-state index in [0.29, 0.717) is 24.5 Å². The lowest BCUT2D eigenvalue weighted by Gasteiger charge is -2.13. The van der Waals surface area contributed by atoms with E-state index < -0.39 is 0 Å². The molecular weight excluding hydrogens is 214 g/mol. The van der Waals surface area contributed by atoms with Crippen LogP contribution in [0.3, 0.4) is 0 Å². The number of carbonyl (C=O) groups excluding carboxylic acids is 1. The Labute approximate surface area is 102 Å². The Hall–Kier alpha value is -1.77. The minimum atomic E-state index is 0.0413. The van der Waals surface area contributed by atoms with Crippen LogP contribution in [0.4, 0.5) is 5.69 Å². The van der Waals surface area contributed by atoms with Gasteiger partial charge in [-0.2, -0.15) is 0 Å². The standard InChI is InChI=1S/C14H17NO2/c1-4-15-12-9-7-6-8-11(12)13(14(15)16)10(3)17-5-2/h6-9H,4-5H2,1-3H3. The van der Waals surface area contributed by atoms with Gasteiger partial charge in [0.05, 0.1) is 17.9 Å². The first-order valence-corrected chi connectivity index (χ1v) is 5.95. The predicted molar refractivity (Wildman–Crippen MR) is 68.7 cm³/mol. The lowest BCUT2D eigenvalue weighted by atomic mass is 10.1. The van der Waals surface area contributed by atoms with E-state index in [9.17, 15) is 4.79 Å². The zero-order chi connectivity index (χ0) is 12.4. The number of allylic oxidation sites excluding steroid dienone is 1. The molecule has 3 heteroatoms. The molecule has 0 spiro atoms. The molecule has 1 aromatic carbocycles. The largest absolute Gasteiger partial charge is 0.498 e. The number of fused-ring (bicyclic) bond motifs is 1. The number of hydrogen-bond acceptors (Lipinski definition) is 2. The number of ether oxygens (including phenoxy) is 1. The van der Waals surface area contributed by atoms with Crippen LogP contribution in [0.2, 0.25) is 0 Å². The Morgan fingerprint density at radius 2 is 2.00 bits per heavy atom. The number of carbonyl (C=O) groups is 1. The van der Waals surface area contributed by atoms with Crippen LogP contribution in [-0.4, -0.2) is 19.1 Å². The molecule has 0 unspecified atom stereocenters. The molecule has 1 aliphatic heterocycles. The second-order valence-corrected chi connectivity index (χ2v) is 3.93. The van der Waals surface area contributed by atoms with Crippen molar-refractivity contribution in [2.75, 3.05) is 18.1 Å². The van der Waals surface area contributed by atoms with Crippen molar-refractivity contribution in [2.24, 2.45) is 0 Å². The SMILES string of the molecule is CCOC(C)=C1C(=O)N(CC)c2ccccc21. The van der Waals surface area contributed by atoms with Gasteiger partial charge in [0.25, 0.3) is 5.91 Å². The number of hydrogen-bond donors (Lipinski definition) is 0. The number of para-hydroxylation sites is 1. The summed E-state index contributed by atoms with van der Waals surface area (Å²) >= 11 is 0. The van der Waals surface area contributed by atoms with Gasteiger partial charge in [0, 0.05) is 12.1 Å². The van der Waals surface area contributed by atoms with Gasteiger partial charge in [-0.15, -0.1) is 0 Å². The molecule has 3 nitrogen and oxygen atoms in total. The normalized spacial score (nSPS) is 17.1. The van der Waals surface area contributed by atoms with Gasteiger partial charge in [-0.25, -0.2) is 0 Å². The molecule has 0 N–H and O–H groups in total. The van der Waals surface area contributed by atoms with Gasteiger partial charge < -0.3 is 9.64 Å². The summed E-state index contributed by atoms with van der Waals surface area (Å²) in [6, 6.07) is 7.85. The number of benzene rings is 1. The monoisotopic (exact) mass is 231 g/mol. The molecule has 1 aromatic rings. The molecule has 1 aliphatic rings. The minimum Gasteiger partial charge on any atom is -0.498 e. The van der Waals surface area contributed by atoms with E-state index in [0.717, 1.165) is 11.3 Å². The predicted octanol–water partition coefficient (Wildman–Crippen LogP) is 2.82. The maximum Gasteiger partial charge on any atom is 0.262 e. The smallest absolute Gasteiger partial charge is 0.262 e. The van der Waals surface area contributed by atoms with Crippen LogP contribution in [-0.2, 0) is 9.53 Å². The molecule has 2 rings (SSSR count). The first-order chi connectivity index (χ1) is 8.20. The molecular formula is C14H17NO2. The Bertz CT molecular complexity index is 477. The molecule has 0 aromatic heterocycles. The first kappa shape index (κ1) is 11.7. The van der Waals surface area contributed by atoms with E-state index in [-0.39, 0.29) is 5.91 Å². The summed E-state index contributed by atoms with van der Waals surface area (Å²) in [6.07, 6.45) is 0. The average molecular weight is 231 g/mol. The Balaban J connectivity index is 2.57. The van der Waals surface area contributed by atoms with Crippen molar-refractivity contribution >= 4 is 17.2 Å². The van der Waals surface area contributed by atoms with Crippen molar-refractivity contribution in [2.45, 2.75) is 20.8 Å².